The van der Waals surface area contributed by atoms with Crippen molar-refractivity contribution >= 4 is 35.6 Å². The standard InChI is InChI=1S/C18H32N6O8/c1-9(18(31)32)22-16(29)11(4-2-3-7-19)24-17(30)12(5-6-13(21)25)23-15(28)10(20)8-14(26)27/h9-12H,2-8,19-20H2,1H3,(H2,21,25)(H,22,29)(H,23,28)(H,24,30)(H,26,27)(H,31,32). The molecule has 14 nitrogen and oxygen atoms in total. The van der Waals surface area contributed by atoms with Crippen LogP contribution in [0.2, 0.25) is 0 Å². The van der Waals surface area contributed by atoms with Crippen LogP contribution in [0, 0.1) is 0 Å². The maximum Gasteiger partial charge on any atom is 0.325 e. The van der Waals surface area contributed by atoms with Crippen LogP contribution in [0.25, 0.3) is 0 Å². The number of carbonyl (C=O) groups is 6. The maximum atomic E-state index is 12.7. The molecule has 4 unspecified atom stereocenters. The van der Waals surface area contributed by atoms with Gasteiger partial charge in [0, 0.05) is 6.42 Å². The molecule has 0 saturated heterocycles. The van der Waals surface area contributed by atoms with Crippen molar-refractivity contribution in [2.75, 3.05) is 6.54 Å². The predicted molar refractivity (Wildman–Crippen MR) is 111 cm³/mol. The van der Waals surface area contributed by atoms with Crippen LogP contribution in [0.5, 0.6) is 0 Å². The zero-order valence-corrected chi connectivity index (χ0v) is 17.8. The van der Waals surface area contributed by atoms with E-state index in [4.69, 9.17) is 27.4 Å². The second kappa shape index (κ2) is 14.7. The van der Waals surface area contributed by atoms with Gasteiger partial charge in [0.1, 0.15) is 18.1 Å². The highest BCUT2D eigenvalue weighted by atomic mass is 16.4. The molecule has 11 N–H and O–H groups in total. The highest BCUT2D eigenvalue weighted by Crippen LogP contribution is 2.05. The lowest BCUT2D eigenvalue weighted by Gasteiger charge is -2.24. The Morgan fingerprint density at radius 2 is 1.38 bits per heavy atom. The van der Waals surface area contributed by atoms with Gasteiger partial charge in [-0.3, -0.25) is 28.8 Å². The van der Waals surface area contributed by atoms with Crippen LogP contribution in [0.3, 0.4) is 0 Å². The first-order valence-electron chi connectivity index (χ1n) is 9.98. The van der Waals surface area contributed by atoms with Crippen LogP contribution in [-0.4, -0.2) is 76.5 Å². The van der Waals surface area contributed by atoms with E-state index in [1.807, 2.05) is 0 Å². The topological polar surface area (TPSA) is 257 Å². The lowest BCUT2D eigenvalue weighted by Crippen LogP contribution is -2.57. The van der Waals surface area contributed by atoms with E-state index in [9.17, 15) is 28.8 Å². The van der Waals surface area contributed by atoms with Crippen molar-refractivity contribution in [1.29, 1.82) is 0 Å². The van der Waals surface area contributed by atoms with E-state index in [1.54, 1.807) is 0 Å². The van der Waals surface area contributed by atoms with Gasteiger partial charge in [-0.2, -0.15) is 0 Å². The lowest BCUT2D eigenvalue weighted by atomic mass is 10.1. The van der Waals surface area contributed by atoms with Crippen LogP contribution >= 0.6 is 0 Å². The molecule has 0 aromatic heterocycles. The van der Waals surface area contributed by atoms with Crippen molar-refractivity contribution < 1.29 is 39.0 Å². The third kappa shape index (κ3) is 11.8. The van der Waals surface area contributed by atoms with Gasteiger partial charge in [-0.15, -0.1) is 0 Å². The van der Waals surface area contributed by atoms with E-state index in [-0.39, 0.29) is 19.3 Å². The number of hydrogen-bond acceptors (Lipinski definition) is 8. The van der Waals surface area contributed by atoms with Crippen molar-refractivity contribution in [2.24, 2.45) is 17.2 Å². The van der Waals surface area contributed by atoms with E-state index in [0.717, 1.165) is 0 Å². The molecule has 0 aromatic carbocycles. The second-order valence-corrected chi connectivity index (χ2v) is 7.18. The molecule has 182 valence electrons. The fraction of sp³-hybridized carbons (Fsp3) is 0.667. The molecule has 0 fully saturated rings. The summed E-state index contributed by atoms with van der Waals surface area (Å²) in [5.41, 5.74) is 16.0. The van der Waals surface area contributed by atoms with Crippen LogP contribution in [0.1, 0.15) is 45.4 Å². The van der Waals surface area contributed by atoms with Crippen LogP contribution in [0.4, 0.5) is 0 Å². The van der Waals surface area contributed by atoms with Gasteiger partial charge in [-0.25, -0.2) is 0 Å². The molecule has 0 radical (unpaired) electrons. The number of aliphatic carboxylic acids is 2. The predicted octanol–water partition coefficient (Wildman–Crippen LogP) is -3.26. The first-order valence-corrected chi connectivity index (χ1v) is 9.98. The van der Waals surface area contributed by atoms with E-state index in [0.29, 0.717) is 19.4 Å². The monoisotopic (exact) mass is 460 g/mol. The Balaban J connectivity index is 5.41. The first-order chi connectivity index (χ1) is 14.9. The van der Waals surface area contributed by atoms with Crippen molar-refractivity contribution in [3.63, 3.8) is 0 Å². The number of carbonyl (C=O) groups excluding carboxylic acids is 4. The first kappa shape index (κ1) is 28.7. The minimum absolute atomic E-state index is 0.135. The molecular weight excluding hydrogens is 428 g/mol. The SMILES string of the molecule is CC(NC(=O)C(CCCCN)NC(=O)C(CCC(N)=O)NC(=O)C(N)CC(=O)O)C(=O)O. The zero-order chi connectivity index (χ0) is 24.8. The molecule has 4 amide bonds. The number of rotatable bonds is 16. The van der Waals surface area contributed by atoms with E-state index in [2.05, 4.69) is 16.0 Å². The molecule has 0 aliphatic heterocycles. The maximum absolute atomic E-state index is 12.7. The van der Waals surface area contributed by atoms with Crippen molar-refractivity contribution in [2.45, 2.75) is 69.6 Å². The van der Waals surface area contributed by atoms with Crippen LogP contribution in [0.15, 0.2) is 0 Å². The van der Waals surface area contributed by atoms with Crippen molar-refractivity contribution in [3.05, 3.63) is 0 Å². The van der Waals surface area contributed by atoms with Gasteiger partial charge in [0.2, 0.25) is 23.6 Å². The molecule has 0 aliphatic rings. The largest absolute Gasteiger partial charge is 0.481 e. The van der Waals surface area contributed by atoms with Crippen LogP contribution in [-0.2, 0) is 28.8 Å². The normalized spacial score (nSPS) is 14.3. The summed E-state index contributed by atoms with van der Waals surface area (Å²) >= 11 is 0. The number of nitrogens with two attached hydrogens (primary N) is 3. The third-order valence-corrected chi connectivity index (χ3v) is 4.35. The van der Waals surface area contributed by atoms with Gasteiger partial charge in [0.25, 0.3) is 0 Å². The van der Waals surface area contributed by atoms with Crippen molar-refractivity contribution in [1.82, 2.24) is 16.0 Å². The number of carboxylic acids is 2. The minimum Gasteiger partial charge on any atom is -0.481 e. The van der Waals surface area contributed by atoms with Crippen molar-refractivity contribution in [3.8, 4) is 0 Å². The van der Waals surface area contributed by atoms with Gasteiger partial charge in [-0.1, -0.05) is 0 Å². The number of amides is 4. The van der Waals surface area contributed by atoms with Gasteiger partial charge in [0.05, 0.1) is 12.5 Å². The Labute approximate surface area is 184 Å². The van der Waals surface area contributed by atoms with E-state index >= 15 is 0 Å². The molecule has 0 heterocycles. The summed E-state index contributed by atoms with van der Waals surface area (Å²) in [5, 5.41) is 24.6. The Hall–Kier alpha value is -3.26. The Bertz CT molecular complexity index is 701. The number of unbranched alkanes of at least 4 members (excludes halogenated alkanes) is 1. The average molecular weight is 460 g/mol. The quantitative estimate of drug-likeness (QED) is 0.107. The highest BCUT2D eigenvalue weighted by molar-refractivity contribution is 5.94. The number of carboxylic acid groups (broad SMARTS) is 2. The zero-order valence-electron chi connectivity index (χ0n) is 17.8. The van der Waals surface area contributed by atoms with Crippen LogP contribution < -0.4 is 33.2 Å². The van der Waals surface area contributed by atoms with Gasteiger partial charge in [0.15, 0.2) is 0 Å². The molecule has 0 rings (SSSR count). The average Bonchev–Trinajstić information content (AvgIpc) is 2.69. The minimum atomic E-state index is -1.45. The summed E-state index contributed by atoms with van der Waals surface area (Å²) in [7, 11) is 0. The summed E-state index contributed by atoms with van der Waals surface area (Å²) in [6, 6.07) is -5.14. The molecule has 0 aliphatic carbocycles. The summed E-state index contributed by atoms with van der Waals surface area (Å²) in [5.74, 6) is -5.90. The Morgan fingerprint density at radius 1 is 0.844 bits per heavy atom. The molecule has 14 heteroatoms. The molecule has 4 atom stereocenters. The molecule has 0 saturated carbocycles. The summed E-state index contributed by atoms with van der Waals surface area (Å²) < 4.78 is 0. The molecule has 0 spiro atoms. The van der Waals surface area contributed by atoms with Gasteiger partial charge in [-0.05, 0) is 39.2 Å². The number of nitrogens with one attached hydrogen (secondary N) is 3. The number of hydrogen-bond donors (Lipinski definition) is 8. The van der Waals surface area contributed by atoms with Gasteiger partial charge >= 0.3 is 11.9 Å². The summed E-state index contributed by atoms with van der Waals surface area (Å²) in [4.78, 5) is 70.2. The molecular formula is C18H32N6O8. The Morgan fingerprint density at radius 3 is 1.88 bits per heavy atom. The summed E-state index contributed by atoms with van der Waals surface area (Å²) in [6.45, 7) is 1.59. The van der Waals surface area contributed by atoms with Gasteiger partial charge < -0.3 is 43.4 Å². The van der Waals surface area contributed by atoms with E-state index in [1.165, 1.54) is 6.92 Å². The fourth-order valence-electron chi connectivity index (χ4n) is 2.52. The smallest absolute Gasteiger partial charge is 0.325 e. The third-order valence-electron chi connectivity index (χ3n) is 4.35. The number of primary amides is 1. The lowest BCUT2D eigenvalue weighted by molar-refractivity contribution is -0.141. The second-order valence-electron chi connectivity index (χ2n) is 7.18. The summed E-state index contributed by atoms with van der Waals surface area (Å²) in [6.07, 6.45) is -0.0799. The fourth-order valence-corrected chi connectivity index (χ4v) is 2.52. The molecule has 0 bridgehead atoms. The molecule has 32 heavy (non-hydrogen) atoms. The van der Waals surface area contributed by atoms with E-state index < -0.39 is 66.2 Å². The molecule has 0 aromatic rings. The Kier molecular flexibility index (Phi) is 13.2. The highest BCUT2D eigenvalue weighted by Gasteiger charge is 2.29.